The maximum atomic E-state index is 6.63. The fraction of sp³-hybridized carbons (Fsp3) is 0.130. The molecule has 1 aromatic heterocycles. The smallest absolute Gasteiger partial charge is 0.137 e. The molecule has 0 radical (unpaired) electrons. The molecule has 0 atom stereocenters. The van der Waals surface area contributed by atoms with Crippen molar-refractivity contribution in [2.45, 2.75) is 38.5 Å². The second-order valence-electron chi connectivity index (χ2n) is 14.5. The van der Waals surface area contributed by atoms with Gasteiger partial charge in [0.2, 0.25) is 0 Å². The zero-order valence-electron chi connectivity index (χ0n) is 27.6. The molecule has 1 heterocycles. The van der Waals surface area contributed by atoms with Crippen molar-refractivity contribution >= 4 is 49.8 Å². The number of hydrogen-bond donors (Lipinski definition) is 0. The predicted molar refractivity (Wildman–Crippen MR) is 201 cm³/mol. The van der Waals surface area contributed by atoms with Crippen molar-refractivity contribution in [2.75, 3.05) is 4.90 Å². The van der Waals surface area contributed by atoms with Crippen LogP contribution in [0.4, 0.5) is 17.1 Å². The highest BCUT2D eigenvalue weighted by atomic mass is 16.3. The third-order valence-electron chi connectivity index (χ3n) is 11.3. The summed E-state index contributed by atoms with van der Waals surface area (Å²) in [5.74, 6) is 0. The average molecular weight is 618 g/mol. The molecule has 10 rings (SSSR count). The SMILES string of the molecule is CC1(C)c2ccccc2-c2ccc(N(c3ccc4c(c3)oc3ccc5ccccc5c34)c3cccc4c3-c3ccccc3C4(C)C)cc21. The molecule has 48 heavy (non-hydrogen) atoms. The molecule has 230 valence electrons. The molecule has 0 saturated heterocycles. The Kier molecular flexibility index (Phi) is 5.44. The maximum Gasteiger partial charge on any atom is 0.137 e. The van der Waals surface area contributed by atoms with Gasteiger partial charge in [-0.2, -0.15) is 0 Å². The Hall–Kier alpha value is -5.60. The lowest BCUT2D eigenvalue weighted by Crippen LogP contribution is -2.17. The second-order valence-corrected chi connectivity index (χ2v) is 14.5. The normalized spacial score (nSPS) is 15.0. The van der Waals surface area contributed by atoms with E-state index in [2.05, 4.69) is 172 Å². The Morgan fingerprint density at radius 2 is 1.10 bits per heavy atom. The molecule has 2 heteroatoms. The number of hydrogen-bond acceptors (Lipinski definition) is 2. The summed E-state index contributed by atoms with van der Waals surface area (Å²) in [5.41, 5.74) is 15.8. The first-order valence-corrected chi connectivity index (χ1v) is 16.9. The lowest BCUT2D eigenvalue weighted by Gasteiger charge is -2.30. The number of rotatable bonds is 3. The average Bonchev–Trinajstić information content (AvgIpc) is 3.68. The Balaban J connectivity index is 1.25. The van der Waals surface area contributed by atoms with E-state index < -0.39 is 0 Å². The first-order chi connectivity index (χ1) is 23.3. The van der Waals surface area contributed by atoms with Gasteiger partial charge in [-0.15, -0.1) is 0 Å². The Labute approximate surface area is 280 Å². The maximum absolute atomic E-state index is 6.63. The third kappa shape index (κ3) is 3.58. The van der Waals surface area contributed by atoms with Crippen LogP contribution in [-0.4, -0.2) is 0 Å². The zero-order valence-corrected chi connectivity index (χ0v) is 27.6. The number of benzene rings is 7. The molecule has 0 aliphatic heterocycles. The second kappa shape index (κ2) is 9.49. The molecule has 8 aromatic rings. The van der Waals surface area contributed by atoms with E-state index in [4.69, 9.17) is 4.42 Å². The van der Waals surface area contributed by atoms with Gasteiger partial charge in [-0.05, 0) is 86.1 Å². The fourth-order valence-electron chi connectivity index (χ4n) is 8.85. The number of fused-ring (bicyclic) bond motifs is 11. The topological polar surface area (TPSA) is 16.4 Å². The van der Waals surface area contributed by atoms with Gasteiger partial charge in [0, 0.05) is 44.6 Å². The zero-order chi connectivity index (χ0) is 32.4. The summed E-state index contributed by atoms with van der Waals surface area (Å²) in [6.45, 7) is 9.42. The number of furan rings is 1. The van der Waals surface area contributed by atoms with E-state index in [1.807, 2.05) is 0 Å². The Bertz CT molecular complexity index is 2630. The van der Waals surface area contributed by atoms with Crippen LogP contribution >= 0.6 is 0 Å². The summed E-state index contributed by atoms with van der Waals surface area (Å²) in [6.07, 6.45) is 0. The summed E-state index contributed by atoms with van der Waals surface area (Å²) in [6, 6.07) is 51.3. The van der Waals surface area contributed by atoms with Crippen molar-refractivity contribution in [1.29, 1.82) is 0 Å². The van der Waals surface area contributed by atoms with Gasteiger partial charge < -0.3 is 9.32 Å². The van der Waals surface area contributed by atoms with Crippen molar-refractivity contribution in [2.24, 2.45) is 0 Å². The molecule has 2 aliphatic carbocycles. The summed E-state index contributed by atoms with van der Waals surface area (Å²) < 4.78 is 6.63. The standard InChI is InChI=1S/C46H35NO/c1-45(2)37-17-10-8-15-34(37)44-38(45)18-11-19-40(44)47(29-21-23-33-32-14-7-9-16-36(32)46(3,4)39(33)26-29)30-22-24-35-42(27-30)48-41-25-20-28-12-5-6-13-31(28)43(35)41/h5-27H,1-4H3. The molecule has 0 spiro atoms. The minimum atomic E-state index is -0.107. The molecule has 0 bridgehead atoms. The van der Waals surface area contributed by atoms with Gasteiger partial charge in [0.1, 0.15) is 11.2 Å². The number of nitrogens with zero attached hydrogens (tertiary/aromatic N) is 1. The molecular weight excluding hydrogens is 583 g/mol. The van der Waals surface area contributed by atoms with E-state index in [9.17, 15) is 0 Å². The van der Waals surface area contributed by atoms with Gasteiger partial charge >= 0.3 is 0 Å². The molecule has 2 aliphatic rings. The summed E-state index contributed by atoms with van der Waals surface area (Å²) >= 11 is 0. The lowest BCUT2D eigenvalue weighted by atomic mass is 9.82. The summed E-state index contributed by atoms with van der Waals surface area (Å²) in [5, 5.41) is 4.76. The van der Waals surface area contributed by atoms with Crippen LogP contribution in [0.15, 0.2) is 144 Å². The largest absolute Gasteiger partial charge is 0.456 e. The summed E-state index contributed by atoms with van der Waals surface area (Å²) in [7, 11) is 0. The van der Waals surface area contributed by atoms with Crippen molar-refractivity contribution in [3.63, 3.8) is 0 Å². The molecule has 0 fully saturated rings. The van der Waals surface area contributed by atoms with Crippen molar-refractivity contribution in [1.82, 2.24) is 0 Å². The third-order valence-corrected chi connectivity index (χ3v) is 11.3. The van der Waals surface area contributed by atoms with Crippen LogP contribution in [0.25, 0.3) is 55.0 Å². The number of anilines is 3. The van der Waals surface area contributed by atoms with E-state index >= 15 is 0 Å². The van der Waals surface area contributed by atoms with E-state index in [0.29, 0.717) is 0 Å². The van der Waals surface area contributed by atoms with E-state index in [-0.39, 0.29) is 10.8 Å². The van der Waals surface area contributed by atoms with Crippen LogP contribution < -0.4 is 4.90 Å². The van der Waals surface area contributed by atoms with E-state index in [1.165, 1.54) is 66.4 Å². The van der Waals surface area contributed by atoms with Crippen molar-refractivity contribution < 1.29 is 4.42 Å². The molecule has 0 unspecified atom stereocenters. The predicted octanol–water partition coefficient (Wildman–Crippen LogP) is 12.8. The molecule has 2 nitrogen and oxygen atoms in total. The lowest BCUT2D eigenvalue weighted by molar-refractivity contribution is 0.660. The minimum absolute atomic E-state index is 0.0983. The first-order valence-electron chi connectivity index (χ1n) is 16.9. The van der Waals surface area contributed by atoms with Gasteiger partial charge in [-0.1, -0.05) is 125 Å². The highest BCUT2D eigenvalue weighted by Crippen LogP contribution is 2.56. The van der Waals surface area contributed by atoms with Gasteiger partial charge in [0.25, 0.3) is 0 Å². The molecular formula is C46H35NO. The quantitative estimate of drug-likeness (QED) is 0.196. The minimum Gasteiger partial charge on any atom is -0.456 e. The monoisotopic (exact) mass is 617 g/mol. The van der Waals surface area contributed by atoms with Crippen LogP contribution in [-0.2, 0) is 10.8 Å². The summed E-state index contributed by atoms with van der Waals surface area (Å²) in [4.78, 5) is 2.46. The van der Waals surface area contributed by atoms with Crippen LogP contribution in [0.5, 0.6) is 0 Å². The Morgan fingerprint density at radius 3 is 1.96 bits per heavy atom. The Morgan fingerprint density at radius 1 is 0.458 bits per heavy atom. The molecule has 0 N–H and O–H groups in total. The molecule has 0 amide bonds. The van der Waals surface area contributed by atoms with Crippen LogP contribution in [0.1, 0.15) is 49.9 Å². The van der Waals surface area contributed by atoms with Crippen molar-refractivity contribution in [3.05, 3.63) is 162 Å². The highest BCUT2D eigenvalue weighted by molar-refractivity contribution is 6.19. The molecule has 7 aromatic carbocycles. The van der Waals surface area contributed by atoms with Crippen LogP contribution in [0.3, 0.4) is 0 Å². The van der Waals surface area contributed by atoms with Gasteiger partial charge in [-0.25, -0.2) is 0 Å². The first kappa shape index (κ1) is 27.5. The van der Waals surface area contributed by atoms with Crippen molar-refractivity contribution in [3.8, 4) is 22.3 Å². The van der Waals surface area contributed by atoms with Crippen LogP contribution in [0.2, 0.25) is 0 Å². The molecule has 0 saturated carbocycles. The van der Waals surface area contributed by atoms with Crippen LogP contribution in [0, 0.1) is 0 Å². The highest BCUT2D eigenvalue weighted by Gasteiger charge is 2.39. The van der Waals surface area contributed by atoms with E-state index in [1.54, 1.807) is 0 Å². The van der Waals surface area contributed by atoms with Gasteiger partial charge in [-0.3, -0.25) is 0 Å². The van der Waals surface area contributed by atoms with Gasteiger partial charge in [0.05, 0.1) is 5.69 Å². The van der Waals surface area contributed by atoms with Gasteiger partial charge in [0.15, 0.2) is 0 Å². The van der Waals surface area contributed by atoms with E-state index in [0.717, 1.165) is 27.9 Å². The fourth-order valence-corrected chi connectivity index (χ4v) is 8.85.